The number of aromatic nitrogens is 1. The number of oxazole rings is 1. The summed E-state index contributed by atoms with van der Waals surface area (Å²) < 4.78 is 5.32. The van der Waals surface area contributed by atoms with E-state index in [2.05, 4.69) is 10.3 Å². The van der Waals surface area contributed by atoms with Crippen molar-refractivity contribution in [1.82, 2.24) is 10.3 Å². The minimum atomic E-state index is -0.976. The zero-order valence-corrected chi connectivity index (χ0v) is 9.42. The van der Waals surface area contributed by atoms with Gasteiger partial charge in [0.15, 0.2) is 0 Å². The Morgan fingerprint density at radius 2 is 2.13 bits per heavy atom. The standard InChI is InChI=1S/C10H16N2O3/c1-6-7(2)15-8(12-6)5-11-10(3,4)9(13)14/h11H,5H2,1-4H3,(H,13,14). The second kappa shape index (κ2) is 4.02. The molecule has 0 fully saturated rings. The number of hydrogen-bond acceptors (Lipinski definition) is 4. The van der Waals surface area contributed by atoms with Gasteiger partial charge in [0.2, 0.25) is 5.89 Å². The first kappa shape index (κ1) is 11.7. The summed E-state index contributed by atoms with van der Waals surface area (Å²) in [7, 11) is 0. The van der Waals surface area contributed by atoms with Crippen molar-refractivity contribution >= 4 is 5.97 Å². The highest BCUT2D eigenvalue weighted by Crippen LogP contribution is 2.10. The molecule has 1 rings (SSSR count). The summed E-state index contributed by atoms with van der Waals surface area (Å²) >= 11 is 0. The molecule has 0 amide bonds. The summed E-state index contributed by atoms with van der Waals surface area (Å²) in [5.74, 6) is 0.377. The van der Waals surface area contributed by atoms with E-state index < -0.39 is 11.5 Å². The maximum atomic E-state index is 10.8. The van der Waals surface area contributed by atoms with Gasteiger partial charge >= 0.3 is 5.97 Å². The van der Waals surface area contributed by atoms with E-state index in [0.29, 0.717) is 12.4 Å². The Balaban J connectivity index is 2.61. The molecule has 0 spiro atoms. The average Bonchev–Trinajstić information content (AvgIpc) is 2.43. The van der Waals surface area contributed by atoms with Crippen molar-refractivity contribution in [3.05, 3.63) is 17.3 Å². The van der Waals surface area contributed by atoms with E-state index in [0.717, 1.165) is 11.5 Å². The monoisotopic (exact) mass is 212 g/mol. The van der Waals surface area contributed by atoms with Crippen LogP contribution in [0.4, 0.5) is 0 Å². The van der Waals surface area contributed by atoms with Gasteiger partial charge in [-0.1, -0.05) is 0 Å². The molecule has 84 valence electrons. The number of nitrogens with zero attached hydrogens (tertiary/aromatic N) is 1. The second-order valence-corrected chi connectivity index (χ2v) is 4.03. The van der Waals surface area contributed by atoms with Gasteiger partial charge in [-0.3, -0.25) is 10.1 Å². The van der Waals surface area contributed by atoms with E-state index in [1.807, 2.05) is 13.8 Å². The first-order valence-corrected chi connectivity index (χ1v) is 4.74. The summed E-state index contributed by atoms with van der Waals surface area (Å²) in [5, 5.41) is 11.7. The molecule has 1 aromatic heterocycles. The molecule has 0 unspecified atom stereocenters. The SMILES string of the molecule is Cc1nc(CNC(C)(C)C(=O)O)oc1C. The van der Waals surface area contributed by atoms with E-state index in [-0.39, 0.29) is 0 Å². The zero-order chi connectivity index (χ0) is 11.6. The highest BCUT2D eigenvalue weighted by molar-refractivity contribution is 5.77. The predicted octanol–water partition coefficient (Wildman–Crippen LogP) is 1.24. The molecule has 1 heterocycles. The lowest BCUT2D eigenvalue weighted by atomic mass is 10.1. The molecular weight excluding hydrogens is 196 g/mol. The molecule has 0 saturated carbocycles. The van der Waals surface area contributed by atoms with Gasteiger partial charge in [0.05, 0.1) is 12.2 Å². The molecule has 0 aliphatic heterocycles. The molecule has 15 heavy (non-hydrogen) atoms. The van der Waals surface area contributed by atoms with Crippen molar-refractivity contribution in [3.8, 4) is 0 Å². The number of nitrogens with one attached hydrogen (secondary N) is 1. The van der Waals surface area contributed by atoms with Crippen LogP contribution < -0.4 is 5.32 Å². The Labute approximate surface area is 88.5 Å². The number of carboxylic acids is 1. The van der Waals surface area contributed by atoms with Gasteiger partial charge in [-0.2, -0.15) is 0 Å². The lowest BCUT2D eigenvalue weighted by molar-refractivity contribution is -0.143. The fourth-order valence-electron chi connectivity index (χ4n) is 0.987. The third-order valence-electron chi connectivity index (χ3n) is 2.29. The first-order valence-electron chi connectivity index (χ1n) is 4.74. The minimum Gasteiger partial charge on any atom is -0.480 e. The number of aliphatic carboxylic acids is 1. The Hall–Kier alpha value is -1.36. The molecule has 0 atom stereocenters. The third kappa shape index (κ3) is 2.79. The maximum Gasteiger partial charge on any atom is 0.323 e. The lowest BCUT2D eigenvalue weighted by Gasteiger charge is -2.19. The number of hydrogen-bond donors (Lipinski definition) is 2. The maximum absolute atomic E-state index is 10.8. The molecule has 5 nitrogen and oxygen atoms in total. The normalized spacial score (nSPS) is 11.7. The van der Waals surface area contributed by atoms with E-state index in [9.17, 15) is 4.79 Å². The van der Waals surface area contributed by atoms with Crippen molar-refractivity contribution in [2.24, 2.45) is 0 Å². The number of aryl methyl sites for hydroxylation is 2. The van der Waals surface area contributed by atoms with Crippen molar-refractivity contribution in [2.75, 3.05) is 0 Å². The highest BCUT2D eigenvalue weighted by Gasteiger charge is 2.26. The predicted molar refractivity (Wildman–Crippen MR) is 54.5 cm³/mol. The molecule has 0 saturated heterocycles. The summed E-state index contributed by atoms with van der Waals surface area (Å²) in [6.45, 7) is 7.18. The number of rotatable bonds is 4. The summed E-state index contributed by atoms with van der Waals surface area (Å²) in [6.07, 6.45) is 0. The Morgan fingerprint density at radius 1 is 1.53 bits per heavy atom. The molecular formula is C10H16N2O3. The lowest BCUT2D eigenvalue weighted by Crippen LogP contribution is -2.46. The summed E-state index contributed by atoms with van der Waals surface area (Å²) in [6, 6.07) is 0. The molecule has 0 aromatic carbocycles. The molecule has 5 heteroatoms. The van der Waals surface area contributed by atoms with Crippen LogP contribution in [0.5, 0.6) is 0 Å². The van der Waals surface area contributed by atoms with Gasteiger partial charge < -0.3 is 9.52 Å². The van der Waals surface area contributed by atoms with E-state index in [4.69, 9.17) is 9.52 Å². The van der Waals surface area contributed by atoms with E-state index in [1.165, 1.54) is 0 Å². The van der Waals surface area contributed by atoms with Crippen LogP contribution in [0.2, 0.25) is 0 Å². The van der Waals surface area contributed by atoms with Crippen LogP contribution in [0.1, 0.15) is 31.2 Å². The van der Waals surface area contributed by atoms with Crippen molar-refractivity contribution in [3.63, 3.8) is 0 Å². The molecule has 0 aliphatic carbocycles. The Morgan fingerprint density at radius 3 is 2.53 bits per heavy atom. The van der Waals surface area contributed by atoms with Crippen LogP contribution in [-0.2, 0) is 11.3 Å². The van der Waals surface area contributed by atoms with Gasteiger partial charge in [0, 0.05) is 0 Å². The quantitative estimate of drug-likeness (QED) is 0.785. The van der Waals surface area contributed by atoms with Crippen LogP contribution in [0.3, 0.4) is 0 Å². The minimum absolute atomic E-state index is 0.313. The average molecular weight is 212 g/mol. The van der Waals surface area contributed by atoms with E-state index >= 15 is 0 Å². The van der Waals surface area contributed by atoms with E-state index in [1.54, 1.807) is 13.8 Å². The second-order valence-electron chi connectivity index (χ2n) is 4.03. The largest absolute Gasteiger partial charge is 0.480 e. The first-order chi connectivity index (χ1) is 6.83. The summed E-state index contributed by atoms with van der Waals surface area (Å²) in [4.78, 5) is 15.0. The van der Waals surface area contributed by atoms with Crippen LogP contribution in [0, 0.1) is 13.8 Å². The number of carbonyl (C=O) groups is 1. The molecule has 0 aliphatic rings. The zero-order valence-electron chi connectivity index (χ0n) is 9.42. The molecule has 2 N–H and O–H groups in total. The van der Waals surface area contributed by atoms with Crippen LogP contribution in [0.15, 0.2) is 4.42 Å². The molecule has 0 radical (unpaired) electrons. The Kier molecular flexibility index (Phi) is 3.14. The summed E-state index contributed by atoms with van der Waals surface area (Å²) in [5.41, 5.74) is -0.143. The van der Waals surface area contributed by atoms with Crippen LogP contribution in [-0.4, -0.2) is 21.6 Å². The molecule has 0 bridgehead atoms. The fraction of sp³-hybridized carbons (Fsp3) is 0.600. The van der Waals surface area contributed by atoms with Gasteiger partial charge in [-0.05, 0) is 27.7 Å². The van der Waals surface area contributed by atoms with Crippen molar-refractivity contribution in [1.29, 1.82) is 0 Å². The fourth-order valence-corrected chi connectivity index (χ4v) is 0.987. The Bertz CT molecular complexity index is 349. The van der Waals surface area contributed by atoms with Gasteiger partial charge in [0.25, 0.3) is 0 Å². The van der Waals surface area contributed by atoms with Crippen molar-refractivity contribution < 1.29 is 14.3 Å². The van der Waals surface area contributed by atoms with Crippen molar-refractivity contribution in [2.45, 2.75) is 39.8 Å². The highest BCUT2D eigenvalue weighted by atomic mass is 16.4. The van der Waals surface area contributed by atoms with Crippen LogP contribution in [0.25, 0.3) is 0 Å². The molecule has 1 aromatic rings. The van der Waals surface area contributed by atoms with Gasteiger partial charge in [0.1, 0.15) is 11.3 Å². The van der Waals surface area contributed by atoms with Crippen LogP contribution >= 0.6 is 0 Å². The topological polar surface area (TPSA) is 75.4 Å². The third-order valence-corrected chi connectivity index (χ3v) is 2.29. The van der Waals surface area contributed by atoms with Gasteiger partial charge in [-0.15, -0.1) is 0 Å². The van der Waals surface area contributed by atoms with Gasteiger partial charge in [-0.25, -0.2) is 4.98 Å². The smallest absolute Gasteiger partial charge is 0.323 e. The number of carboxylic acid groups (broad SMARTS) is 1.